The zero-order valence-electron chi connectivity index (χ0n) is 7.17. The molecule has 0 spiro atoms. The highest BCUT2D eigenvalue weighted by Crippen LogP contribution is 2.51. The molecule has 0 radical (unpaired) electrons. The molecule has 4 heteroatoms. The lowest BCUT2D eigenvalue weighted by atomic mass is 10.1. The predicted octanol–water partition coefficient (Wildman–Crippen LogP) is 2.72. The summed E-state index contributed by atoms with van der Waals surface area (Å²) in [5.41, 5.74) is -0.300. The number of carbonyl (C=O) groups excluding carboxylic acids is 1. The maximum Gasteiger partial charge on any atom is 0.317 e. The van der Waals surface area contributed by atoms with Crippen LogP contribution in [0, 0.1) is 0 Å². The van der Waals surface area contributed by atoms with E-state index in [2.05, 4.69) is 15.9 Å². The molecule has 0 unspecified atom stereocenters. The summed E-state index contributed by atoms with van der Waals surface area (Å²) in [6.07, 6.45) is 1.85. The minimum atomic E-state index is -0.300. The molecular formula is C9H9BrO2S. The highest BCUT2D eigenvalue weighted by atomic mass is 79.9. The van der Waals surface area contributed by atoms with Crippen molar-refractivity contribution in [2.45, 2.75) is 18.3 Å². The van der Waals surface area contributed by atoms with Gasteiger partial charge in [0.1, 0.15) is 5.41 Å². The second-order valence-corrected chi connectivity index (χ2v) is 5.03. The van der Waals surface area contributed by atoms with Gasteiger partial charge in [-0.3, -0.25) is 4.79 Å². The normalized spacial score (nSPS) is 18.3. The van der Waals surface area contributed by atoms with Gasteiger partial charge < -0.3 is 4.74 Å². The summed E-state index contributed by atoms with van der Waals surface area (Å²) in [6, 6.07) is 2.01. The van der Waals surface area contributed by atoms with Crippen molar-refractivity contribution in [3.63, 3.8) is 0 Å². The molecule has 1 saturated carbocycles. The predicted molar refractivity (Wildman–Crippen MR) is 54.9 cm³/mol. The van der Waals surface area contributed by atoms with Crippen LogP contribution < -0.4 is 0 Å². The van der Waals surface area contributed by atoms with Crippen LogP contribution in [0.4, 0.5) is 0 Å². The zero-order valence-corrected chi connectivity index (χ0v) is 9.57. The number of thiophene rings is 1. The number of methoxy groups -OCH3 is 1. The summed E-state index contributed by atoms with van der Waals surface area (Å²) in [5, 5.41) is 2.00. The minimum Gasteiger partial charge on any atom is -0.468 e. The van der Waals surface area contributed by atoms with Gasteiger partial charge in [-0.2, -0.15) is 0 Å². The molecule has 0 atom stereocenters. The number of halogens is 1. The van der Waals surface area contributed by atoms with Crippen LogP contribution in [0.2, 0.25) is 0 Å². The van der Waals surface area contributed by atoms with Crippen molar-refractivity contribution in [3.8, 4) is 0 Å². The van der Waals surface area contributed by atoms with E-state index in [0.29, 0.717) is 0 Å². The standard InChI is InChI=1S/C9H9BrO2S/c1-12-8(11)9(2-3-9)7-4-6(10)5-13-7/h4-5H,2-3H2,1H3. The first-order valence-electron chi connectivity index (χ1n) is 4.02. The average molecular weight is 261 g/mol. The molecule has 1 fully saturated rings. The van der Waals surface area contributed by atoms with Crippen molar-refractivity contribution in [1.82, 2.24) is 0 Å². The van der Waals surface area contributed by atoms with E-state index in [1.807, 2.05) is 11.4 Å². The Balaban J connectivity index is 2.30. The van der Waals surface area contributed by atoms with E-state index in [4.69, 9.17) is 4.74 Å². The van der Waals surface area contributed by atoms with E-state index in [-0.39, 0.29) is 11.4 Å². The number of rotatable bonds is 2. The van der Waals surface area contributed by atoms with Gasteiger partial charge in [0, 0.05) is 14.7 Å². The summed E-state index contributed by atoms with van der Waals surface area (Å²) in [6.45, 7) is 0. The summed E-state index contributed by atoms with van der Waals surface area (Å²) in [4.78, 5) is 12.6. The third-order valence-electron chi connectivity index (χ3n) is 2.37. The summed E-state index contributed by atoms with van der Waals surface area (Å²) >= 11 is 5.00. The van der Waals surface area contributed by atoms with Gasteiger partial charge in [-0.05, 0) is 34.8 Å². The Morgan fingerprint density at radius 2 is 2.38 bits per heavy atom. The first-order valence-corrected chi connectivity index (χ1v) is 5.69. The lowest BCUT2D eigenvalue weighted by Crippen LogP contribution is -2.20. The van der Waals surface area contributed by atoms with Crippen LogP contribution in [-0.4, -0.2) is 13.1 Å². The van der Waals surface area contributed by atoms with E-state index in [1.54, 1.807) is 11.3 Å². The van der Waals surface area contributed by atoms with Crippen molar-refractivity contribution >= 4 is 33.2 Å². The molecule has 13 heavy (non-hydrogen) atoms. The fourth-order valence-electron chi connectivity index (χ4n) is 1.44. The zero-order chi connectivity index (χ0) is 9.47. The third-order valence-corrected chi connectivity index (χ3v) is 4.26. The largest absolute Gasteiger partial charge is 0.468 e. The molecule has 1 aromatic heterocycles. The Labute approximate surface area is 89.0 Å². The second kappa shape index (κ2) is 3.10. The fourth-order valence-corrected chi connectivity index (χ4v) is 3.11. The van der Waals surface area contributed by atoms with Gasteiger partial charge in [-0.1, -0.05) is 0 Å². The van der Waals surface area contributed by atoms with Gasteiger partial charge in [0.25, 0.3) is 0 Å². The summed E-state index contributed by atoms with van der Waals surface area (Å²) in [5.74, 6) is -0.0955. The lowest BCUT2D eigenvalue weighted by Gasteiger charge is -2.09. The van der Waals surface area contributed by atoms with Crippen LogP contribution in [0.1, 0.15) is 17.7 Å². The van der Waals surface area contributed by atoms with E-state index in [9.17, 15) is 4.79 Å². The number of hydrogen-bond acceptors (Lipinski definition) is 3. The highest BCUT2D eigenvalue weighted by Gasteiger charge is 2.53. The Morgan fingerprint density at radius 3 is 2.77 bits per heavy atom. The number of esters is 1. The van der Waals surface area contributed by atoms with Crippen molar-refractivity contribution < 1.29 is 9.53 Å². The van der Waals surface area contributed by atoms with E-state index in [1.165, 1.54) is 7.11 Å². The van der Waals surface area contributed by atoms with Gasteiger partial charge in [-0.25, -0.2) is 0 Å². The van der Waals surface area contributed by atoms with Gasteiger partial charge in [-0.15, -0.1) is 11.3 Å². The van der Waals surface area contributed by atoms with Crippen LogP contribution in [0.15, 0.2) is 15.9 Å². The highest BCUT2D eigenvalue weighted by molar-refractivity contribution is 9.10. The first-order chi connectivity index (χ1) is 6.19. The van der Waals surface area contributed by atoms with Gasteiger partial charge in [0.15, 0.2) is 0 Å². The topological polar surface area (TPSA) is 26.3 Å². The molecule has 1 aromatic rings. The quantitative estimate of drug-likeness (QED) is 0.765. The smallest absolute Gasteiger partial charge is 0.317 e. The molecule has 0 bridgehead atoms. The first kappa shape index (κ1) is 9.21. The summed E-state index contributed by atoms with van der Waals surface area (Å²) in [7, 11) is 1.45. The number of carbonyl (C=O) groups is 1. The van der Waals surface area contributed by atoms with E-state index >= 15 is 0 Å². The van der Waals surface area contributed by atoms with Crippen molar-refractivity contribution in [2.75, 3.05) is 7.11 Å². The fraction of sp³-hybridized carbons (Fsp3) is 0.444. The molecule has 0 aliphatic heterocycles. The Bertz CT molecular complexity index is 341. The molecule has 2 rings (SSSR count). The molecule has 0 amide bonds. The molecule has 0 N–H and O–H groups in total. The van der Waals surface area contributed by atoms with Gasteiger partial charge in [0.2, 0.25) is 0 Å². The minimum absolute atomic E-state index is 0.0955. The van der Waals surface area contributed by atoms with Crippen LogP contribution in [0.5, 0.6) is 0 Å². The molecule has 1 aliphatic carbocycles. The molecule has 70 valence electrons. The summed E-state index contributed by atoms with van der Waals surface area (Å²) < 4.78 is 5.84. The molecule has 2 nitrogen and oxygen atoms in total. The van der Waals surface area contributed by atoms with Crippen molar-refractivity contribution in [3.05, 3.63) is 20.8 Å². The van der Waals surface area contributed by atoms with Crippen LogP contribution in [0.25, 0.3) is 0 Å². The molecule has 0 aromatic carbocycles. The third kappa shape index (κ3) is 1.42. The molecular weight excluding hydrogens is 252 g/mol. The van der Waals surface area contributed by atoms with Crippen LogP contribution in [0.3, 0.4) is 0 Å². The monoisotopic (exact) mass is 260 g/mol. The number of hydrogen-bond donors (Lipinski definition) is 0. The SMILES string of the molecule is COC(=O)C1(c2cc(Br)cs2)CC1. The average Bonchev–Trinajstić information content (AvgIpc) is 2.83. The van der Waals surface area contributed by atoms with Gasteiger partial charge >= 0.3 is 5.97 Å². The maximum absolute atomic E-state index is 11.5. The molecule has 1 aliphatic rings. The second-order valence-electron chi connectivity index (χ2n) is 3.20. The van der Waals surface area contributed by atoms with E-state index < -0.39 is 0 Å². The molecule has 0 saturated heterocycles. The van der Waals surface area contributed by atoms with E-state index in [0.717, 1.165) is 22.2 Å². The van der Waals surface area contributed by atoms with Crippen LogP contribution >= 0.6 is 27.3 Å². The Kier molecular flexibility index (Phi) is 2.20. The Morgan fingerprint density at radius 1 is 1.69 bits per heavy atom. The lowest BCUT2D eigenvalue weighted by molar-refractivity contribution is -0.143. The molecule has 1 heterocycles. The Hall–Kier alpha value is -0.350. The van der Waals surface area contributed by atoms with Crippen LogP contribution in [-0.2, 0) is 14.9 Å². The van der Waals surface area contributed by atoms with Crippen molar-refractivity contribution in [2.24, 2.45) is 0 Å². The number of ether oxygens (including phenoxy) is 1. The van der Waals surface area contributed by atoms with Gasteiger partial charge in [0.05, 0.1) is 7.11 Å². The maximum atomic E-state index is 11.5. The van der Waals surface area contributed by atoms with Crippen molar-refractivity contribution in [1.29, 1.82) is 0 Å².